The molecule has 4 aromatic rings. The maximum atomic E-state index is 2.15. The Labute approximate surface area is 211 Å². The second kappa shape index (κ2) is 17.6. The minimum Gasteiger partial charge on any atom is -1.00 e. The average molecular weight is 742 g/mol. The van der Waals surface area contributed by atoms with E-state index in [-0.39, 0.29) is 24.8 Å². The van der Waals surface area contributed by atoms with Crippen LogP contribution in [-0.2, 0) is 47.8 Å². The van der Waals surface area contributed by atoms with Crippen LogP contribution in [0.25, 0.3) is 21.5 Å². The Morgan fingerprint density at radius 2 is 0.857 bits per heavy atom. The zero-order valence-electron chi connectivity index (χ0n) is 16.8. The van der Waals surface area contributed by atoms with Crippen LogP contribution in [0, 0.1) is 0 Å². The summed E-state index contributed by atoms with van der Waals surface area (Å²) < 4.78 is 3.11. The average Bonchev–Trinajstić information content (AvgIpc) is 3.23. The van der Waals surface area contributed by atoms with Gasteiger partial charge in [0.25, 0.3) is 0 Å². The molecule has 144 valence electrons. The second-order valence-electron chi connectivity index (χ2n) is 6.31. The van der Waals surface area contributed by atoms with E-state index < -0.39 is 0 Å². The number of fused-ring (bicyclic) bond motifs is 2. The van der Waals surface area contributed by atoms with E-state index in [1.54, 1.807) is 6.51 Å². The molecule has 4 heteroatoms. The van der Waals surface area contributed by atoms with Gasteiger partial charge in [-0.05, 0) is 0 Å². The van der Waals surface area contributed by atoms with E-state index in [4.69, 9.17) is 0 Å². The molecule has 0 heterocycles. The van der Waals surface area contributed by atoms with Crippen molar-refractivity contribution in [3.8, 4) is 0 Å². The largest absolute Gasteiger partial charge is 1.00 e. The Bertz CT molecular complexity index is 789. The van der Waals surface area contributed by atoms with Crippen LogP contribution in [0.4, 0.5) is 0 Å². The predicted molar refractivity (Wildman–Crippen MR) is 112 cm³/mol. The summed E-state index contributed by atoms with van der Waals surface area (Å²) in [6.07, 6.45) is 0. The SMILES string of the molecule is C[C](C)=[Hf+2].C[C](C)=[Hf+2].[Cl-].[Cl-].c1ccc2[cH-]ccc2c1.c1ccc2[cH-]ccc2c1. The van der Waals surface area contributed by atoms with Crippen LogP contribution in [-0.4, -0.2) is 6.51 Å². The van der Waals surface area contributed by atoms with Gasteiger partial charge < -0.3 is 24.8 Å². The zero-order chi connectivity index (χ0) is 19.4. The molecule has 0 radical (unpaired) electrons. The van der Waals surface area contributed by atoms with Gasteiger partial charge in [0.15, 0.2) is 0 Å². The van der Waals surface area contributed by atoms with Crippen LogP contribution >= 0.6 is 0 Å². The molecule has 0 N–H and O–H groups in total. The molecule has 0 spiro atoms. The molecule has 0 aliphatic heterocycles. The van der Waals surface area contributed by atoms with E-state index in [0.29, 0.717) is 0 Å². The molecule has 0 aromatic heterocycles. The first-order valence-electron chi connectivity index (χ1n) is 8.64. The quantitative estimate of drug-likeness (QED) is 0.183. The van der Waals surface area contributed by atoms with Crippen LogP contribution in [0.5, 0.6) is 0 Å². The molecular weight excluding hydrogens is 716 g/mol. The van der Waals surface area contributed by atoms with Crippen molar-refractivity contribution in [3.63, 3.8) is 0 Å². The van der Waals surface area contributed by atoms with Gasteiger partial charge in [-0.1, -0.05) is 12.1 Å². The van der Waals surface area contributed by atoms with E-state index in [1.165, 1.54) is 69.3 Å². The van der Waals surface area contributed by atoms with E-state index >= 15 is 0 Å². The molecular formula is C24H26Cl2Hf2. The summed E-state index contributed by atoms with van der Waals surface area (Å²) in [5.74, 6) is 0. The summed E-state index contributed by atoms with van der Waals surface area (Å²) >= 11 is 2.53. The smallest absolute Gasteiger partial charge is 0.0809 e. The number of hydrogen-bond donors (Lipinski definition) is 0. The molecule has 28 heavy (non-hydrogen) atoms. The van der Waals surface area contributed by atoms with Crippen molar-refractivity contribution in [1.82, 2.24) is 0 Å². The molecule has 0 aliphatic rings. The van der Waals surface area contributed by atoms with E-state index in [2.05, 4.69) is 113 Å². The molecule has 0 atom stereocenters. The Morgan fingerprint density at radius 1 is 0.571 bits per heavy atom. The maximum absolute atomic E-state index is 2.15. The fraction of sp³-hybridized carbons (Fsp3) is 0.167. The van der Waals surface area contributed by atoms with Gasteiger partial charge in [0.05, 0.1) is 0 Å². The Balaban J connectivity index is 0. The molecule has 0 bridgehead atoms. The minimum absolute atomic E-state index is 0. The van der Waals surface area contributed by atoms with Crippen LogP contribution in [0.1, 0.15) is 27.7 Å². The third kappa shape index (κ3) is 13.8. The van der Waals surface area contributed by atoms with Crippen molar-refractivity contribution in [2.45, 2.75) is 27.7 Å². The summed E-state index contributed by atoms with van der Waals surface area (Å²) in [7, 11) is 0. The van der Waals surface area contributed by atoms with Crippen molar-refractivity contribution in [3.05, 3.63) is 84.9 Å². The third-order valence-electron chi connectivity index (χ3n) is 3.10. The summed E-state index contributed by atoms with van der Waals surface area (Å²) in [6, 6.07) is 29.3. The van der Waals surface area contributed by atoms with Crippen LogP contribution in [0.2, 0.25) is 0 Å². The van der Waals surface area contributed by atoms with Crippen molar-refractivity contribution >= 4 is 28.1 Å². The summed E-state index contributed by atoms with van der Waals surface area (Å²) in [4.78, 5) is 0. The van der Waals surface area contributed by atoms with Gasteiger partial charge in [0.1, 0.15) is 0 Å². The van der Waals surface area contributed by atoms with E-state index in [0.717, 1.165) is 0 Å². The van der Waals surface area contributed by atoms with Crippen molar-refractivity contribution in [1.29, 1.82) is 0 Å². The van der Waals surface area contributed by atoms with Crippen molar-refractivity contribution < 1.29 is 72.6 Å². The van der Waals surface area contributed by atoms with Crippen molar-refractivity contribution in [2.24, 2.45) is 0 Å². The number of hydrogen-bond acceptors (Lipinski definition) is 0. The Morgan fingerprint density at radius 3 is 1.14 bits per heavy atom. The Hall–Kier alpha value is -0.280. The minimum atomic E-state index is 0. The van der Waals surface area contributed by atoms with Crippen LogP contribution < -0.4 is 24.8 Å². The van der Waals surface area contributed by atoms with Crippen molar-refractivity contribution in [2.75, 3.05) is 0 Å². The standard InChI is InChI=1S/2C9H7.2C3H6.2ClH.2Hf/c2*1-2-5-9-7-3-6-8(9)4-1;2*1-3-2;;;;/h2*1-7H;2*1-2H3;2*1H;;/q2*-1;;;;;2*+2/p-2. The molecule has 0 amide bonds. The normalized spacial score (nSPS) is 8.57. The topological polar surface area (TPSA) is 0 Å². The van der Waals surface area contributed by atoms with Crippen LogP contribution in [0.3, 0.4) is 0 Å². The van der Waals surface area contributed by atoms with Gasteiger partial charge in [-0.2, -0.15) is 35.0 Å². The monoisotopic (exact) mass is 744 g/mol. The van der Waals surface area contributed by atoms with Gasteiger partial charge in [-0.15, -0.1) is 59.3 Å². The summed E-state index contributed by atoms with van der Waals surface area (Å²) in [6.45, 7) is 8.58. The molecule has 0 fully saturated rings. The first kappa shape index (κ1) is 29.9. The van der Waals surface area contributed by atoms with Gasteiger partial charge in [-0.25, -0.2) is 0 Å². The van der Waals surface area contributed by atoms with Crippen LogP contribution in [0.15, 0.2) is 84.9 Å². The van der Waals surface area contributed by atoms with E-state index in [9.17, 15) is 0 Å². The number of rotatable bonds is 0. The molecule has 4 rings (SSSR count). The van der Waals surface area contributed by atoms with Gasteiger partial charge in [-0.3, -0.25) is 0 Å². The van der Waals surface area contributed by atoms with Gasteiger partial charge in [0.2, 0.25) is 0 Å². The first-order valence-corrected chi connectivity index (χ1v) is 12.2. The first-order chi connectivity index (χ1) is 12.4. The fourth-order valence-corrected chi connectivity index (χ4v) is 2.14. The Kier molecular flexibility index (Phi) is 18.8. The number of halogens is 2. The molecule has 0 nitrogen and oxygen atoms in total. The van der Waals surface area contributed by atoms with Gasteiger partial charge in [0, 0.05) is 0 Å². The second-order valence-corrected chi connectivity index (χ2v) is 13.5. The number of benzene rings is 2. The summed E-state index contributed by atoms with van der Waals surface area (Å²) in [5, 5.41) is 5.32. The third-order valence-corrected chi connectivity index (χ3v) is 3.10. The fourth-order valence-electron chi connectivity index (χ4n) is 2.14. The maximum Gasteiger partial charge on any atom is -0.0809 e. The molecule has 0 saturated carbocycles. The molecule has 0 unspecified atom stereocenters. The molecule has 4 aromatic carbocycles. The summed E-state index contributed by atoms with van der Waals surface area (Å²) in [5.41, 5.74) is 0. The molecule has 0 aliphatic carbocycles. The zero-order valence-corrected chi connectivity index (χ0v) is 25.5. The van der Waals surface area contributed by atoms with E-state index in [1.807, 2.05) is 0 Å². The predicted octanol–water partition coefficient (Wildman–Crippen LogP) is 0.616. The van der Waals surface area contributed by atoms with Gasteiger partial charge >= 0.3 is 82.0 Å². The molecule has 0 saturated heterocycles.